The summed E-state index contributed by atoms with van der Waals surface area (Å²) in [7, 11) is 0. The molecule has 3 N–H and O–H groups in total. The summed E-state index contributed by atoms with van der Waals surface area (Å²) in [5.41, 5.74) is 1.04. The van der Waals surface area contributed by atoms with Crippen LogP contribution in [-0.2, 0) is 11.2 Å². The summed E-state index contributed by atoms with van der Waals surface area (Å²) in [5.74, 6) is -0.811. The monoisotopic (exact) mass is 290 g/mol. The van der Waals surface area contributed by atoms with E-state index in [0.29, 0.717) is 12.8 Å². The minimum atomic E-state index is -0.811. The molecule has 0 bridgehead atoms. The smallest absolute Gasteiger partial charge is 0.319 e. The van der Waals surface area contributed by atoms with Crippen LogP contribution < -0.4 is 10.6 Å². The molecular weight excluding hydrogens is 268 g/mol. The number of para-hydroxylation sites is 1. The molecular formula is C16H22N2O3. The molecule has 0 unspecified atom stereocenters. The van der Waals surface area contributed by atoms with Crippen molar-refractivity contribution in [3.05, 3.63) is 29.8 Å². The summed E-state index contributed by atoms with van der Waals surface area (Å²) in [6.45, 7) is 2.21. The van der Waals surface area contributed by atoms with Crippen molar-refractivity contribution < 1.29 is 14.7 Å². The molecule has 5 nitrogen and oxygen atoms in total. The standard InChI is InChI=1S/C16H22N2O3/c1-2-12-7-3-4-8-13(12)18-15(21)17-11-16(14(19)20)9-5-6-10-16/h3-4,7-8H,2,5-6,9-11H2,1H3,(H,19,20)(H2,17,18,21). The number of hydrogen-bond acceptors (Lipinski definition) is 2. The number of carbonyl (C=O) groups excluding carboxylic acids is 1. The normalized spacial score (nSPS) is 16.4. The Morgan fingerprint density at radius 1 is 1.24 bits per heavy atom. The van der Waals surface area contributed by atoms with Crippen LogP contribution in [0.1, 0.15) is 38.2 Å². The van der Waals surface area contributed by atoms with Gasteiger partial charge in [-0.05, 0) is 30.9 Å². The Hall–Kier alpha value is -2.04. The molecule has 2 amide bonds. The van der Waals surface area contributed by atoms with E-state index in [1.165, 1.54) is 0 Å². The molecule has 21 heavy (non-hydrogen) atoms. The van der Waals surface area contributed by atoms with Gasteiger partial charge in [-0.25, -0.2) is 4.79 Å². The van der Waals surface area contributed by atoms with Crippen molar-refractivity contribution in [2.75, 3.05) is 11.9 Å². The van der Waals surface area contributed by atoms with Crippen LogP contribution in [-0.4, -0.2) is 23.7 Å². The fourth-order valence-corrected chi connectivity index (χ4v) is 2.88. The molecule has 2 rings (SSSR count). The maximum atomic E-state index is 12.0. The third-order valence-electron chi connectivity index (χ3n) is 4.25. The quantitative estimate of drug-likeness (QED) is 0.780. The van der Waals surface area contributed by atoms with Crippen LogP contribution in [0.5, 0.6) is 0 Å². The van der Waals surface area contributed by atoms with E-state index in [-0.39, 0.29) is 12.6 Å². The lowest BCUT2D eigenvalue weighted by atomic mass is 9.86. The van der Waals surface area contributed by atoms with Crippen molar-refractivity contribution in [2.24, 2.45) is 5.41 Å². The molecule has 0 radical (unpaired) electrons. The highest BCUT2D eigenvalue weighted by Gasteiger charge is 2.41. The van der Waals surface area contributed by atoms with Gasteiger partial charge in [0.15, 0.2) is 0 Å². The van der Waals surface area contributed by atoms with E-state index in [2.05, 4.69) is 10.6 Å². The Morgan fingerprint density at radius 3 is 2.52 bits per heavy atom. The number of amides is 2. The van der Waals surface area contributed by atoms with Crippen LogP contribution in [0.25, 0.3) is 0 Å². The number of rotatable bonds is 5. The molecule has 1 aromatic carbocycles. The molecule has 1 aliphatic rings. The molecule has 0 aromatic heterocycles. The number of nitrogens with one attached hydrogen (secondary N) is 2. The average Bonchev–Trinajstić information content (AvgIpc) is 2.96. The van der Waals surface area contributed by atoms with Crippen molar-refractivity contribution in [2.45, 2.75) is 39.0 Å². The molecule has 0 aliphatic heterocycles. The number of aliphatic carboxylic acids is 1. The SMILES string of the molecule is CCc1ccccc1NC(=O)NCC1(C(=O)O)CCCC1. The number of aryl methyl sites for hydroxylation is 1. The Labute approximate surface area is 124 Å². The first-order valence-corrected chi connectivity index (χ1v) is 7.43. The highest BCUT2D eigenvalue weighted by Crippen LogP contribution is 2.37. The Bertz CT molecular complexity index is 522. The second-order valence-corrected chi connectivity index (χ2v) is 5.61. The predicted octanol–water partition coefficient (Wildman–Crippen LogP) is 3.02. The zero-order valence-electron chi connectivity index (χ0n) is 12.3. The van der Waals surface area contributed by atoms with Gasteiger partial charge in [0.25, 0.3) is 0 Å². The Morgan fingerprint density at radius 2 is 1.90 bits per heavy atom. The Balaban J connectivity index is 1.94. The van der Waals surface area contributed by atoms with Gasteiger partial charge in [0.2, 0.25) is 0 Å². The minimum Gasteiger partial charge on any atom is -0.481 e. The van der Waals surface area contributed by atoms with Crippen LogP contribution in [0.3, 0.4) is 0 Å². The molecule has 0 saturated heterocycles. The highest BCUT2D eigenvalue weighted by molar-refractivity contribution is 5.90. The van der Waals surface area contributed by atoms with E-state index in [9.17, 15) is 14.7 Å². The van der Waals surface area contributed by atoms with E-state index < -0.39 is 11.4 Å². The maximum Gasteiger partial charge on any atom is 0.319 e. The molecule has 0 atom stereocenters. The first kappa shape index (κ1) is 15.4. The zero-order valence-corrected chi connectivity index (χ0v) is 12.3. The number of urea groups is 1. The third-order valence-corrected chi connectivity index (χ3v) is 4.25. The van der Waals surface area contributed by atoms with Crippen LogP contribution in [0.4, 0.5) is 10.5 Å². The Kier molecular flexibility index (Phi) is 4.83. The summed E-state index contributed by atoms with van der Waals surface area (Å²) < 4.78 is 0. The van der Waals surface area contributed by atoms with Crippen LogP contribution in [0.2, 0.25) is 0 Å². The average molecular weight is 290 g/mol. The molecule has 5 heteroatoms. The second kappa shape index (κ2) is 6.61. The number of benzene rings is 1. The van der Waals surface area contributed by atoms with Gasteiger partial charge in [0, 0.05) is 12.2 Å². The molecule has 1 fully saturated rings. The van der Waals surface area contributed by atoms with Crippen molar-refractivity contribution in [3.8, 4) is 0 Å². The fraction of sp³-hybridized carbons (Fsp3) is 0.500. The highest BCUT2D eigenvalue weighted by atomic mass is 16.4. The lowest BCUT2D eigenvalue weighted by molar-refractivity contribution is -0.148. The number of carboxylic acids is 1. The third kappa shape index (κ3) is 3.54. The van der Waals surface area contributed by atoms with Crippen molar-refractivity contribution in [3.63, 3.8) is 0 Å². The van der Waals surface area contributed by atoms with Gasteiger partial charge in [-0.3, -0.25) is 4.79 Å². The molecule has 1 aromatic rings. The van der Waals surface area contributed by atoms with E-state index in [4.69, 9.17) is 0 Å². The number of anilines is 1. The van der Waals surface area contributed by atoms with Gasteiger partial charge in [0.1, 0.15) is 0 Å². The molecule has 0 spiro atoms. The van der Waals surface area contributed by atoms with Crippen LogP contribution in [0, 0.1) is 5.41 Å². The van der Waals surface area contributed by atoms with Crippen molar-refractivity contribution in [1.82, 2.24) is 5.32 Å². The van der Waals surface area contributed by atoms with Gasteiger partial charge >= 0.3 is 12.0 Å². The van der Waals surface area contributed by atoms with E-state index >= 15 is 0 Å². The van der Waals surface area contributed by atoms with Gasteiger partial charge < -0.3 is 15.7 Å². The summed E-state index contributed by atoms with van der Waals surface area (Å²) in [6.07, 6.45) is 3.92. The number of carboxylic acid groups (broad SMARTS) is 1. The van der Waals surface area contributed by atoms with Crippen LogP contribution >= 0.6 is 0 Å². The number of carbonyl (C=O) groups is 2. The second-order valence-electron chi connectivity index (χ2n) is 5.61. The van der Waals surface area contributed by atoms with E-state index in [1.807, 2.05) is 31.2 Å². The lowest BCUT2D eigenvalue weighted by Gasteiger charge is -2.24. The minimum absolute atomic E-state index is 0.183. The van der Waals surface area contributed by atoms with Crippen molar-refractivity contribution >= 4 is 17.7 Å². The number of hydrogen-bond donors (Lipinski definition) is 3. The van der Waals surface area contributed by atoms with Gasteiger partial charge in [-0.1, -0.05) is 38.0 Å². The van der Waals surface area contributed by atoms with Crippen molar-refractivity contribution in [1.29, 1.82) is 0 Å². The summed E-state index contributed by atoms with van der Waals surface area (Å²) in [4.78, 5) is 23.4. The summed E-state index contributed by atoms with van der Waals surface area (Å²) in [5, 5.41) is 14.9. The maximum absolute atomic E-state index is 12.0. The lowest BCUT2D eigenvalue weighted by Crippen LogP contribution is -2.42. The zero-order chi connectivity index (χ0) is 15.3. The van der Waals surface area contributed by atoms with Gasteiger partial charge in [-0.2, -0.15) is 0 Å². The summed E-state index contributed by atoms with van der Waals surface area (Å²) in [6, 6.07) is 7.26. The van der Waals surface area contributed by atoms with E-state index in [1.54, 1.807) is 0 Å². The van der Waals surface area contributed by atoms with Crippen LogP contribution in [0.15, 0.2) is 24.3 Å². The van der Waals surface area contributed by atoms with Gasteiger partial charge in [-0.15, -0.1) is 0 Å². The van der Waals surface area contributed by atoms with Gasteiger partial charge in [0.05, 0.1) is 5.41 Å². The molecule has 0 heterocycles. The topological polar surface area (TPSA) is 78.4 Å². The largest absolute Gasteiger partial charge is 0.481 e. The predicted molar refractivity (Wildman–Crippen MR) is 81.4 cm³/mol. The van der Waals surface area contributed by atoms with E-state index in [0.717, 1.165) is 30.5 Å². The molecule has 114 valence electrons. The summed E-state index contributed by atoms with van der Waals surface area (Å²) >= 11 is 0. The fourth-order valence-electron chi connectivity index (χ4n) is 2.88. The molecule has 1 saturated carbocycles. The first-order chi connectivity index (χ1) is 10.1. The first-order valence-electron chi connectivity index (χ1n) is 7.43. The molecule has 1 aliphatic carbocycles.